The van der Waals surface area contributed by atoms with Crippen molar-refractivity contribution in [3.63, 3.8) is 0 Å². The summed E-state index contributed by atoms with van der Waals surface area (Å²) in [6.07, 6.45) is 5.22. The Hall–Kier alpha value is -2.81. The highest BCUT2D eigenvalue weighted by atomic mass is 16.1. The summed E-state index contributed by atoms with van der Waals surface area (Å²) in [7, 11) is 0. The van der Waals surface area contributed by atoms with Gasteiger partial charge in [-0.05, 0) is 60.9 Å². The monoisotopic (exact) mass is 346 g/mol. The van der Waals surface area contributed by atoms with E-state index in [1.54, 1.807) is 6.07 Å². The minimum absolute atomic E-state index is 0.127. The predicted octanol–water partition coefficient (Wildman–Crippen LogP) is 4.49. The Bertz CT molecular complexity index is 913. The third-order valence-electron chi connectivity index (χ3n) is 4.72. The van der Waals surface area contributed by atoms with Crippen molar-refractivity contribution >= 4 is 0 Å². The van der Waals surface area contributed by atoms with Crippen LogP contribution in [0.3, 0.4) is 0 Å². The summed E-state index contributed by atoms with van der Waals surface area (Å²) in [5.74, 6) is 5.83. The number of rotatable bonds is 7. The Balaban J connectivity index is 1.51. The number of nitrogens with zero attached hydrogens (tertiary/aromatic N) is 1. The van der Waals surface area contributed by atoms with Crippen LogP contribution in [-0.4, -0.2) is 4.68 Å². The maximum atomic E-state index is 11.7. The minimum atomic E-state index is -0.127. The zero-order chi connectivity index (χ0) is 18.4. The van der Waals surface area contributed by atoms with E-state index in [1.807, 2.05) is 19.1 Å². The molecule has 0 fully saturated rings. The number of benzene rings is 2. The third kappa shape index (κ3) is 4.63. The molecule has 0 aliphatic carbocycles. The molecule has 0 aliphatic heterocycles. The van der Waals surface area contributed by atoms with Crippen molar-refractivity contribution in [3.05, 3.63) is 93.9 Å². The van der Waals surface area contributed by atoms with Gasteiger partial charge in [0.25, 0.3) is 5.56 Å². The van der Waals surface area contributed by atoms with Gasteiger partial charge < -0.3 is 5.84 Å². The van der Waals surface area contributed by atoms with Gasteiger partial charge in [0.1, 0.15) is 0 Å². The van der Waals surface area contributed by atoms with Crippen LogP contribution in [-0.2, 0) is 12.8 Å². The second-order valence-electron chi connectivity index (χ2n) is 6.86. The second kappa shape index (κ2) is 8.52. The maximum Gasteiger partial charge on any atom is 0.269 e. The Labute approximate surface area is 155 Å². The lowest BCUT2D eigenvalue weighted by Gasteiger charge is -2.09. The van der Waals surface area contributed by atoms with Crippen LogP contribution in [0.5, 0.6) is 0 Å². The van der Waals surface area contributed by atoms with Gasteiger partial charge in [0.2, 0.25) is 0 Å². The zero-order valence-electron chi connectivity index (χ0n) is 15.3. The Morgan fingerprint density at radius 2 is 1.54 bits per heavy atom. The summed E-state index contributed by atoms with van der Waals surface area (Å²) in [6, 6.07) is 22.8. The van der Waals surface area contributed by atoms with E-state index in [2.05, 4.69) is 48.5 Å². The topological polar surface area (TPSA) is 48.0 Å². The first-order chi connectivity index (χ1) is 12.6. The molecule has 2 N–H and O–H groups in total. The van der Waals surface area contributed by atoms with Crippen molar-refractivity contribution in [1.29, 1.82) is 0 Å². The lowest BCUT2D eigenvalue weighted by atomic mass is 10.00. The average Bonchev–Trinajstić information content (AvgIpc) is 2.66. The molecular weight excluding hydrogens is 320 g/mol. The van der Waals surface area contributed by atoms with Crippen molar-refractivity contribution in [2.75, 3.05) is 5.84 Å². The van der Waals surface area contributed by atoms with E-state index in [9.17, 15) is 4.79 Å². The van der Waals surface area contributed by atoms with Crippen molar-refractivity contribution in [2.24, 2.45) is 0 Å². The van der Waals surface area contributed by atoms with Crippen LogP contribution in [0, 0.1) is 6.92 Å². The molecule has 134 valence electrons. The van der Waals surface area contributed by atoms with Gasteiger partial charge in [0.05, 0.1) is 0 Å². The van der Waals surface area contributed by atoms with Crippen LogP contribution in [0.15, 0.2) is 71.5 Å². The van der Waals surface area contributed by atoms with E-state index in [4.69, 9.17) is 5.84 Å². The van der Waals surface area contributed by atoms with E-state index in [0.29, 0.717) is 0 Å². The highest BCUT2D eigenvalue weighted by Crippen LogP contribution is 2.21. The molecule has 0 amide bonds. The van der Waals surface area contributed by atoms with E-state index in [-0.39, 0.29) is 5.56 Å². The first-order valence-corrected chi connectivity index (χ1v) is 9.25. The Morgan fingerprint density at radius 3 is 2.35 bits per heavy atom. The molecule has 0 saturated heterocycles. The Kier molecular flexibility index (Phi) is 5.90. The van der Waals surface area contributed by atoms with Gasteiger partial charge in [-0.1, -0.05) is 61.0 Å². The summed E-state index contributed by atoms with van der Waals surface area (Å²) < 4.78 is 1.27. The predicted molar refractivity (Wildman–Crippen MR) is 109 cm³/mol. The van der Waals surface area contributed by atoms with Crippen LogP contribution in [0.25, 0.3) is 11.1 Å². The smallest absolute Gasteiger partial charge is 0.269 e. The molecule has 0 spiro atoms. The molecule has 0 aliphatic rings. The van der Waals surface area contributed by atoms with Crippen LogP contribution in [0.2, 0.25) is 0 Å². The molecule has 0 atom stereocenters. The van der Waals surface area contributed by atoms with Gasteiger partial charge in [-0.3, -0.25) is 4.79 Å². The molecule has 1 aromatic heterocycles. The maximum absolute atomic E-state index is 11.7. The van der Waals surface area contributed by atoms with Crippen LogP contribution >= 0.6 is 0 Å². The van der Waals surface area contributed by atoms with Crippen LogP contribution in [0.1, 0.15) is 36.1 Å². The number of aromatic nitrogens is 1. The molecule has 0 radical (unpaired) electrons. The fourth-order valence-electron chi connectivity index (χ4n) is 3.32. The highest BCUT2D eigenvalue weighted by molar-refractivity contribution is 5.63. The molecule has 0 saturated carbocycles. The molecule has 2 aromatic carbocycles. The molecule has 3 nitrogen and oxygen atoms in total. The van der Waals surface area contributed by atoms with Crippen LogP contribution < -0.4 is 11.4 Å². The molecule has 3 heteroatoms. The normalized spacial score (nSPS) is 10.8. The lowest BCUT2D eigenvalue weighted by molar-refractivity contribution is 0.656. The van der Waals surface area contributed by atoms with Crippen molar-refractivity contribution < 1.29 is 0 Å². The molecule has 0 bridgehead atoms. The highest BCUT2D eigenvalue weighted by Gasteiger charge is 2.03. The first-order valence-electron chi connectivity index (χ1n) is 9.25. The van der Waals surface area contributed by atoms with Gasteiger partial charge in [-0.2, -0.15) is 0 Å². The zero-order valence-corrected chi connectivity index (χ0v) is 15.3. The standard InChI is InChI=1S/C23H26N2O/c1-18-15-22(25(24)23(26)16-18)14-7-2-4-9-19-10-8-13-21(17-19)20-11-5-3-6-12-20/h3,5-6,8,10-13,15-17H,2,4,7,9,14,24H2,1H3. The van der Waals surface area contributed by atoms with E-state index >= 15 is 0 Å². The number of nitrogens with two attached hydrogens (primary N) is 1. The third-order valence-corrected chi connectivity index (χ3v) is 4.72. The van der Waals surface area contributed by atoms with E-state index < -0.39 is 0 Å². The van der Waals surface area contributed by atoms with Gasteiger partial charge >= 0.3 is 0 Å². The molecule has 26 heavy (non-hydrogen) atoms. The minimum Gasteiger partial charge on any atom is -0.336 e. The Morgan fingerprint density at radius 1 is 0.808 bits per heavy atom. The lowest BCUT2D eigenvalue weighted by Crippen LogP contribution is -2.29. The largest absolute Gasteiger partial charge is 0.336 e. The van der Waals surface area contributed by atoms with Crippen molar-refractivity contribution in [1.82, 2.24) is 4.68 Å². The van der Waals surface area contributed by atoms with Gasteiger partial charge in [0.15, 0.2) is 0 Å². The van der Waals surface area contributed by atoms with Gasteiger partial charge in [-0.15, -0.1) is 0 Å². The van der Waals surface area contributed by atoms with Crippen molar-refractivity contribution in [2.45, 2.75) is 39.0 Å². The number of hydrogen-bond donors (Lipinski definition) is 1. The number of aryl methyl sites for hydroxylation is 3. The van der Waals surface area contributed by atoms with Crippen LogP contribution in [0.4, 0.5) is 0 Å². The van der Waals surface area contributed by atoms with Gasteiger partial charge in [0, 0.05) is 11.8 Å². The number of unbranched alkanes of at least 4 members (excludes halogenated alkanes) is 2. The second-order valence-corrected chi connectivity index (χ2v) is 6.86. The summed E-state index contributed by atoms with van der Waals surface area (Å²) in [6.45, 7) is 1.94. The van der Waals surface area contributed by atoms with Crippen molar-refractivity contribution in [3.8, 4) is 11.1 Å². The summed E-state index contributed by atoms with van der Waals surface area (Å²) in [4.78, 5) is 11.7. The molecule has 0 unspecified atom stereocenters. The fourth-order valence-corrected chi connectivity index (χ4v) is 3.32. The number of pyridine rings is 1. The summed E-state index contributed by atoms with van der Waals surface area (Å²) >= 11 is 0. The average molecular weight is 346 g/mol. The summed E-state index contributed by atoms with van der Waals surface area (Å²) in [5.41, 5.74) is 5.67. The quantitative estimate of drug-likeness (QED) is 0.506. The SMILES string of the molecule is Cc1cc(CCCCCc2cccc(-c3ccccc3)c2)n(N)c(=O)c1. The fraction of sp³-hybridized carbons (Fsp3) is 0.261. The molecular formula is C23H26N2O. The van der Waals surface area contributed by atoms with Gasteiger partial charge in [-0.25, -0.2) is 4.68 Å². The number of hydrogen-bond acceptors (Lipinski definition) is 2. The number of nitrogen functional groups attached to an aromatic ring is 1. The molecule has 3 rings (SSSR count). The van der Waals surface area contributed by atoms with E-state index in [0.717, 1.165) is 43.4 Å². The van der Waals surface area contributed by atoms with E-state index in [1.165, 1.54) is 21.4 Å². The molecule has 3 aromatic rings. The summed E-state index contributed by atoms with van der Waals surface area (Å²) in [5, 5.41) is 0. The first kappa shape index (κ1) is 18.0. The molecule has 1 heterocycles.